The molecule has 4 aliphatic rings. The molecule has 0 bridgehead atoms. The topological polar surface area (TPSA) is 163 Å². The van der Waals surface area contributed by atoms with Crippen molar-refractivity contribution in [3.05, 3.63) is 119 Å². The minimum atomic E-state index is -0.579. The molecule has 372 valence electrons. The van der Waals surface area contributed by atoms with E-state index in [2.05, 4.69) is 45.5 Å². The van der Waals surface area contributed by atoms with Gasteiger partial charge in [-0.3, -0.25) is 28.8 Å². The molecule has 2 aliphatic carbocycles. The molecule has 0 unspecified atom stereocenters. The molecule has 8 rings (SSSR count). The summed E-state index contributed by atoms with van der Waals surface area (Å²) in [4.78, 5) is 91.3. The number of hydrogen-bond donors (Lipinski definition) is 4. The lowest BCUT2D eigenvalue weighted by atomic mass is 10.0. The lowest BCUT2D eigenvalue weighted by Crippen LogP contribution is -2.55. The summed E-state index contributed by atoms with van der Waals surface area (Å²) in [6, 6.07) is 29.0. The first kappa shape index (κ1) is 50.3. The number of rotatable bonds is 22. The molecule has 6 atom stereocenters. The molecule has 70 heavy (non-hydrogen) atoms. The van der Waals surface area contributed by atoms with Crippen LogP contribution in [0.3, 0.4) is 0 Å². The van der Waals surface area contributed by atoms with Gasteiger partial charge in [0.15, 0.2) is 0 Å². The molecular weight excluding hydrogens is 881 g/mol. The molecule has 4 aromatic carbocycles. The molecule has 0 radical (unpaired) electrons. The summed E-state index contributed by atoms with van der Waals surface area (Å²) in [6.45, 7) is 6.40. The van der Waals surface area contributed by atoms with Crippen molar-refractivity contribution >= 4 is 46.2 Å². The van der Waals surface area contributed by atoms with Crippen molar-refractivity contribution in [1.29, 1.82) is 0 Å². The van der Waals surface area contributed by atoms with E-state index in [0.29, 0.717) is 63.2 Å². The van der Waals surface area contributed by atoms with E-state index < -0.39 is 24.2 Å². The highest BCUT2D eigenvalue weighted by atomic mass is 16.2. The molecule has 4 aromatic rings. The van der Waals surface area contributed by atoms with Crippen LogP contribution in [0.4, 0.5) is 0 Å². The molecule has 0 aromatic heterocycles. The van der Waals surface area contributed by atoms with E-state index in [1.54, 1.807) is 27.9 Å². The van der Waals surface area contributed by atoms with E-state index in [1.807, 2.05) is 92.4 Å². The van der Waals surface area contributed by atoms with Gasteiger partial charge < -0.3 is 40.9 Å². The number of nitrogens with zero attached hydrogens (tertiary/aromatic N) is 4. The third-order valence-corrected chi connectivity index (χ3v) is 15.1. The van der Waals surface area contributed by atoms with Gasteiger partial charge in [0.2, 0.25) is 23.6 Å². The van der Waals surface area contributed by atoms with Crippen LogP contribution in [-0.2, 0) is 32.0 Å². The van der Waals surface area contributed by atoms with Gasteiger partial charge in [0.05, 0.1) is 12.1 Å². The Bertz CT molecular complexity index is 2310. The molecule has 2 saturated carbocycles. The van der Waals surface area contributed by atoms with Crippen LogP contribution < -0.4 is 21.3 Å². The number of hydrogen-bond acceptors (Lipinski definition) is 8. The lowest BCUT2D eigenvalue weighted by molar-refractivity contribution is -0.138. The second kappa shape index (κ2) is 23.2. The first-order valence-corrected chi connectivity index (χ1v) is 25.7. The number of amides is 6. The van der Waals surface area contributed by atoms with E-state index in [-0.39, 0.29) is 59.4 Å². The maximum Gasteiger partial charge on any atom is 0.253 e. The quantitative estimate of drug-likeness (QED) is 0.0837. The van der Waals surface area contributed by atoms with Gasteiger partial charge >= 0.3 is 0 Å². The van der Waals surface area contributed by atoms with E-state index in [1.165, 1.54) is 0 Å². The van der Waals surface area contributed by atoms with Crippen molar-refractivity contribution in [1.82, 2.24) is 40.9 Å². The molecule has 4 fully saturated rings. The lowest BCUT2D eigenvalue weighted by Gasteiger charge is -2.34. The molecule has 2 heterocycles. The Hall–Kier alpha value is -6.12. The molecular formula is C56H72N8O6. The van der Waals surface area contributed by atoms with Gasteiger partial charge in [0, 0.05) is 62.5 Å². The maximum absolute atomic E-state index is 14.7. The SMILES string of the molecule is CN[C@@H](C)C(=O)N[C@H](C(=O)N1CCC[C@@H]1CN(CCc1ccccc1)C(=O)c1ccc2cc(C(=O)N(CCc3ccccc3)C[C@@H]3CCCN3C(=O)[C@@H](NC(=O)[C@H](C)NC)C3CC3)ccc2c1)C1CC1. The van der Waals surface area contributed by atoms with Crippen LogP contribution in [0.5, 0.6) is 0 Å². The van der Waals surface area contributed by atoms with E-state index in [0.717, 1.165) is 73.3 Å². The van der Waals surface area contributed by atoms with Crippen LogP contribution in [0.15, 0.2) is 97.1 Å². The summed E-state index contributed by atoms with van der Waals surface area (Å²) in [6.07, 6.45) is 8.07. The smallest absolute Gasteiger partial charge is 0.253 e. The zero-order chi connectivity index (χ0) is 49.3. The van der Waals surface area contributed by atoms with Crippen molar-refractivity contribution in [2.24, 2.45) is 11.8 Å². The zero-order valence-electron chi connectivity index (χ0n) is 41.4. The summed E-state index contributed by atoms with van der Waals surface area (Å²) in [5, 5.41) is 13.7. The van der Waals surface area contributed by atoms with Crippen molar-refractivity contribution in [3.63, 3.8) is 0 Å². The maximum atomic E-state index is 14.7. The molecule has 0 spiro atoms. The summed E-state index contributed by atoms with van der Waals surface area (Å²) >= 11 is 0. The van der Waals surface area contributed by atoms with Gasteiger partial charge in [-0.05, 0) is 150 Å². The van der Waals surface area contributed by atoms with Gasteiger partial charge in [-0.15, -0.1) is 0 Å². The third-order valence-electron chi connectivity index (χ3n) is 15.1. The Balaban J connectivity index is 0.998. The molecule has 14 nitrogen and oxygen atoms in total. The highest BCUT2D eigenvalue weighted by Gasteiger charge is 2.44. The molecule has 2 aliphatic heterocycles. The predicted octanol–water partition coefficient (Wildman–Crippen LogP) is 5.20. The second-order valence-electron chi connectivity index (χ2n) is 20.1. The largest absolute Gasteiger partial charge is 0.343 e. The first-order chi connectivity index (χ1) is 33.9. The highest BCUT2D eigenvalue weighted by Crippen LogP contribution is 2.36. The van der Waals surface area contributed by atoms with Gasteiger partial charge in [0.25, 0.3) is 11.8 Å². The van der Waals surface area contributed by atoms with Gasteiger partial charge in [0.1, 0.15) is 12.1 Å². The van der Waals surface area contributed by atoms with Gasteiger partial charge in [-0.2, -0.15) is 0 Å². The monoisotopic (exact) mass is 953 g/mol. The molecule has 14 heteroatoms. The number of carbonyl (C=O) groups excluding carboxylic acids is 6. The van der Waals surface area contributed by atoms with Crippen LogP contribution in [-0.4, -0.2) is 145 Å². The number of nitrogens with one attached hydrogen (secondary N) is 4. The Labute approximate surface area is 413 Å². The standard InChI is InChI=1S/C56H72N8O6/c1-37(57-3)51(65)59-49(41-19-20-41)55(69)63-29-11-17-47(63)35-61(31-27-39-13-7-5-8-14-39)53(67)45-25-23-44-34-46(26-24-43(44)33-45)54(68)62(32-28-40-15-9-6-10-16-40)36-48-18-12-30-64(48)56(70)50(42-21-22-42)60-52(66)38(2)58-4/h5-10,13-16,23-26,33-34,37-38,41-42,47-50,57-58H,11-12,17-22,27-32,35-36H2,1-4H3,(H,59,65)(H,60,66)/t37-,38-,47-,48+,49-,50-/m0/s1. The number of fused-ring (bicyclic) bond motifs is 1. The fraction of sp³-hybridized carbons (Fsp3) is 0.500. The number of likely N-dealkylation sites (N-methyl/N-ethyl adjacent to an activating group) is 2. The Kier molecular flexibility index (Phi) is 16.7. The summed E-state index contributed by atoms with van der Waals surface area (Å²) < 4.78 is 0. The zero-order valence-corrected chi connectivity index (χ0v) is 41.4. The molecule has 6 amide bonds. The molecule has 4 N–H and O–H groups in total. The summed E-state index contributed by atoms with van der Waals surface area (Å²) in [5.41, 5.74) is 3.27. The minimum Gasteiger partial charge on any atom is -0.343 e. The normalized spacial score (nSPS) is 19.5. The van der Waals surface area contributed by atoms with Crippen molar-refractivity contribution < 1.29 is 28.8 Å². The fourth-order valence-electron chi connectivity index (χ4n) is 10.2. The predicted molar refractivity (Wildman–Crippen MR) is 272 cm³/mol. The van der Waals surface area contributed by atoms with Crippen LogP contribution >= 0.6 is 0 Å². The average Bonchev–Trinajstić information content (AvgIpc) is 4.33. The summed E-state index contributed by atoms with van der Waals surface area (Å²) in [7, 11) is 3.46. The molecule has 2 saturated heterocycles. The van der Waals surface area contributed by atoms with E-state index in [4.69, 9.17) is 0 Å². The number of carbonyl (C=O) groups is 6. The van der Waals surface area contributed by atoms with Crippen LogP contribution in [0.25, 0.3) is 10.8 Å². The third kappa shape index (κ3) is 12.4. The Morgan fingerprint density at radius 1 is 0.543 bits per heavy atom. The first-order valence-electron chi connectivity index (χ1n) is 25.7. The Morgan fingerprint density at radius 2 is 0.929 bits per heavy atom. The average molecular weight is 953 g/mol. The number of likely N-dealkylation sites (tertiary alicyclic amines) is 2. The highest BCUT2D eigenvalue weighted by molar-refractivity contribution is 6.02. The van der Waals surface area contributed by atoms with Crippen molar-refractivity contribution in [3.8, 4) is 0 Å². The summed E-state index contributed by atoms with van der Waals surface area (Å²) in [5.74, 6) is -0.536. The second-order valence-corrected chi connectivity index (χ2v) is 20.1. The van der Waals surface area contributed by atoms with Gasteiger partial charge in [-0.25, -0.2) is 0 Å². The van der Waals surface area contributed by atoms with Gasteiger partial charge in [-0.1, -0.05) is 72.8 Å². The van der Waals surface area contributed by atoms with E-state index >= 15 is 0 Å². The van der Waals surface area contributed by atoms with Crippen LogP contribution in [0.2, 0.25) is 0 Å². The minimum absolute atomic E-state index is 0.0662. The Morgan fingerprint density at radius 3 is 1.29 bits per heavy atom. The van der Waals surface area contributed by atoms with Crippen LogP contribution in [0.1, 0.15) is 97.1 Å². The van der Waals surface area contributed by atoms with Crippen LogP contribution in [0, 0.1) is 11.8 Å². The fourth-order valence-corrected chi connectivity index (χ4v) is 10.2. The van der Waals surface area contributed by atoms with Crippen molar-refractivity contribution in [2.75, 3.05) is 53.4 Å². The van der Waals surface area contributed by atoms with Crippen molar-refractivity contribution in [2.45, 2.75) is 114 Å². The number of benzene rings is 4. The van der Waals surface area contributed by atoms with E-state index in [9.17, 15) is 28.8 Å².